The van der Waals surface area contributed by atoms with Gasteiger partial charge in [-0.15, -0.1) is 0 Å². The average Bonchev–Trinajstić information content (AvgIpc) is 3.51. The molecule has 2 amide bonds. The maximum Gasteiger partial charge on any atom is 0.346 e. The van der Waals surface area contributed by atoms with Crippen LogP contribution in [-0.4, -0.2) is 65.8 Å². The highest BCUT2D eigenvalue weighted by molar-refractivity contribution is 7.11. The lowest BCUT2D eigenvalue weighted by Gasteiger charge is -2.17. The lowest BCUT2D eigenvalue weighted by Crippen LogP contribution is -2.32. The fourth-order valence-corrected chi connectivity index (χ4v) is 4.47. The molecule has 3 N–H and O–H groups in total. The van der Waals surface area contributed by atoms with Crippen molar-refractivity contribution in [3.05, 3.63) is 40.2 Å². The summed E-state index contributed by atoms with van der Waals surface area (Å²) in [4.78, 5) is 26.9. The molecule has 0 spiro atoms. The summed E-state index contributed by atoms with van der Waals surface area (Å²) in [6.07, 6.45) is 2.75. The van der Waals surface area contributed by atoms with Gasteiger partial charge in [-0.05, 0) is 68.9 Å². The minimum absolute atomic E-state index is 0.0139. The fraction of sp³-hybridized carbons (Fsp3) is 0.522. The first-order valence-corrected chi connectivity index (χ1v) is 12.3. The van der Waals surface area contributed by atoms with E-state index in [1.54, 1.807) is 0 Å². The molecule has 1 aromatic carbocycles. The van der Waals surface area contributed by atoms with E-state index in [2.05, 4.69) is 19.9 Å². The number of urea groups is 1. The Morgan fingerprint density at radius 1 is 1.22 bits per heavy atom. The van der Waals surface area contributed by atoms with Crippen LogP contribution < -0.4 is 15.4 Å². The molecule has 0 saturated carbocycles. The van der Waals surface area contributed by atoms with E-state index in [9.17, 15) is 27.9 Å². The van der Waals surface area contributed by atoms with Crippen LogP contribution in [0.15, 0.2) is 6.07 Å². The SMILES string of the molecule is COC(=O)c1c(OCc2c(F)cc(C)c(F)c2F)nsc1NC(=O)NCCC(O)CCN1CCCC1. The zero-order chi connectivity index (χ0) is 26.2. The van der Waals surface area contributed by atoms with E-state index in [4.69, 9.17) is 9.47 Å². The molecule has 198 valence electrons. The lowest BCUT2D eigenvalue weighted by atomic mass is 10.1. The van der Waals surface area contributed by atoms with Gasteiger partial charge in [-0.1, -0.05) is 0 Å². The smallest absolute Gasteiger partial charge is 0.346 e. The average molecular weight is 531 g/mol. The third-order valence-corrected chi connectivity index (χ3v) is 6.55. The topological polar surface area (TPSA) is 113 Å². The van der Waals surface area contributed by atoms with Crippen LogP contribution in [0.5, 0.6) is 5.88 Å². The van der Waals surface area contributed by atoms with Crippen molar-refractivity contribution in [1.82, 2.24) is 14.6 Å². The summed E-state index contributed by atoms with van der Waals surface area (Å²) in [7, 11) is 1.10. The number of hydrogen-bond acceptors (Lipinski definition) is 8. The highest BCUT2D eigenvalue weighted by atomic mass is 32.1. The third-order valence-electron chi connectivity index (χ3n) is 5.81. The van der Waals surface area contributed by atoms with E-state index in [0.29, 0.717) is 24.4 Å². The van der Waals surface area contributed by atoms with Gasteiger partial charge in [0.1, 0.15) is 17.4 Å². The second-order valence-corrected chi connectivity index (χ2v) is 9.19. The van der Waals surface area contributed by atoms with Gasteiger partial charge >= 0.3 is 12.0 Å². The number of aromatic nitrogens is 1. The monoisotopic (exact) mass is 530 g/mol. The van der Waals surface area contributed by atoms with Crippen LogP contribution in [0.25, 0.3) is 0 Å². The van der Waals surface area contributed by atoms with Crippen molar-refractivity contribution in [3.63, 3.8) is 0 Å². The van der Waals surface area contributed by atoms with Crippen molar-refractivity contribution in [2.24, 2.45) is 0 Å². The molecule has 1 unspecified atom stereocenters. The molecular weight excluding hydrogens is 501 g/mol. The minimum atomic E-state index is -1.40. The number of hydrogen-bond donors (Lipinski definition) is 3. The first-order chi connectivity index (χ1) is 17.2. The number of carbonyl (C=O) groups excluding carboxylic acids is 2. The zero-order valence-electron chi connectivity index (χ0n) is 20.0. The number of likely N-dealkylation sites (tertiary alicyclic amines) is 1. The molecule has 2 aromatic rings. The normalized spacial score (nSPS) is 14.5. The Bertz CT molecular complexity index is 1080. The number of aliphatic hydroxyl groups excluding tert-OH is 1. The Morgan fingerprint density at radius 2 is 1.94 bits per heavy atom. The number of methoxy groups -OCH3 is 1. The summed E-state index contributed by atoms with van der Waals surface area (Å²) >= 11 is 0.695. The number of aryl methyl sites for hydroxylation is 1. The van der Waals surface area contributed by atoms with Crippen molar-refractivity contribution in [2.45, 2.75) is 45.3 Å². The molecule has 0 bridgehead atoms. The van der Waals surface area contributed by atoms with Crippen molar-refractivity contribution in [1.29, 1.82) is 0 Å². The highest BCUT2D eigenvalue weighted by Gasteiger charge is 2.26. The summed E-state index contributed by atoms with van der Waals surface area (Å²) in [6.45, 7) is 3.57. The van der Waals surface area contributed by atoms with E-state index in [1.165, 1.54) is 19.8 Å². The van der Waals surface area contributed by atoms with Crippen LogP contribution in [-0.2, 0) is 11.3 Å². The van der Waals surface area contributed by atoms with Crippen molar-refractivity contribution < 1.29 is 37.3 Å². The number of nitrogens with zero attached hydrogens (tertiary/aromatic N) is 2. The number of amides is 2. The molecule has 1 atom stereocenters. The van der Waals surface area contributed by atoms with Crippen LogP contribution in [0, 0.1) is 24.4 Å². The minimum Gasteiger partial charge on any atom is -0.471 e. The van der Waals surface area contributed by atoms with Crippen LogP contribution in [0.4, 0.5) is 23.0 Å². The molecule has 36 heavy (non-hydrogen) atoms. The number of aliphatic hydroxyl groups is 1. The number of esters is 1. The zero-order valence-corrected chi connectivity index (χ0v) is 20.9. The van der Waals surface area contributed by atoms with Gasteiger partial charge in [-0.3, -0.25) is 5.32 Å². The van der Waals surface area contributed by atoms with Gasteiger partial charge in [-0.25, -0.2) is 22.8 Å². The van der Waals surface area contributed by atoms with Crippen LogP contribution in [0.2, 0.25) is 0 Å². The molecule has 0 aliphatic carbocycles. The van der Waals surface area contributed by atoms with E-state index >= 15 is 0 Å². The predicted molar refractivity (Wildman–Crippen MR) is 127 cm³/mol. The lowest BCUT2D eigenvalue weighted by molar-refractivity contribution is 0.0596. The largest absolute Gasteiger partial charge is 0.471 e. The summed E-state index contributed by atoms with van der Waals surface area (Å²) in [5, 5.41) is 15.2. The molecule has 3 rings (SSSR count). The van der Waals surface area contributed by atoms with E-state index in [-0.39, 0.29) is 28.6 Å². The number of rotatable bonds is 11. The Hall–Kier alpha value is -2.90. The quantitative estimate of drug-likeness (QED) is 0.301. The molecule has 1 fully saturated rings. The Morgan fingerprint density at radius 3 is 2.64 bits per heavy atom. The molecule has 1 aromatic heterocycles. The number of carbonyl (C=O) groups is 2. The Kier molecular flexibility index (Phi) is 9.90. The molecule has 0 radical (unpaired) electrons. The van der Waals surface area contributed by atoms with Crippen molar-refractivity contribution in [2.75, 3.05) is 38.6 Å². The van der Waals surface area contributed by atoms with E-state index < -0.39 is 47.7 Å². The molecule has 9 nitrogen and oxygen atoms in total. The van der Waals surface area contributed by atoms with Crippen molar-refractivity contribution in [3.8, 4) is 5.88 Å². The van der Waals surface area contributed by atoms with Crippen LogP contribution >= 0.6 is 11.5 Å². The van der Waals surface area contributed by atoms with Gasteiger partial charge in [0, 0.05) is 13.1 Å². The van der Waals surface area contributed by atoms with E-state index in [1.807, 2.05) is 0 Å². The summed E-state index contributed by atoms with van der Waals surface area (Å²) in [5.41, 5.74) is -1.12. The van der Waals surface area contributed by atoms with Gasteiger partial charge in [0.15, 0.2) is 17.2 Å². The predicted octanol–water partition coefficient (Wildman–Crippen LogP) is 3.59. The van der Waals surface area contributed by atoms with Gasteiger partial charge in [0.25, 0.3) is 0 Å². The number of ether oxygens (including phenoxy) is 2. The molecule has 13 heteroatoms. The summed E-state index contributed by atoms with van der Waals surface area (Å²) in [5.74, 6) is -4.85. The third kappa shape index (κ3) is 7.08. The van der Waals surface area contributed by atoms with Crippen molar-refractivity contribution >= 4 is 28.5 Å². The van der Waals surface area contributed by atoms with Gasteiger partial charge in [0.2, 0.25) is 5.88 Å². The maximum atomic E-state index is 14.1. The summed E-state index contributed by atoms with van der Waals surface area (Å²) in [6, 6.07) is 0.180. The van der Waals surface area contributed by atoms with Crippen LogP contribution in [0.1, 0.15) is 47.2 Å². The number of halogens is 3. The molecule has 2 heterocycles. The first kappa shape index (κ1) is 27.7. The second-order valence-electron chi connectivity index (χ2n) is 8.41. The Labute approximate surface area is 210 Å². The molecule has 1 saturated heterocycles. The number of benzene rings is 1. The molecule has 1 aliphatic rings. The van der Waals surface area contributed by atoms with E-state index in [0.717, 1.165) is 32.8 Å². The first-order valence-electron chi connectivity index (χ1n) is 11.5. The highest BCUT2D eigenvalue weighted by Crippen LogP contribution is 2.32. The van der Waals surface area contributed by atoms with Crippen LogP contribution in [0.3, 0.4) is 0 Å². The van der Waals surface area contributed by atoms with Gasteiger partial charge in [-0.2, -0.15) is 4.37 Å². The maximum absolute atomic E-state index is 14.1. The number of nitrogens with one attached hydrogen (secondary N) is 2. The molecule has 1 aliphatic heterocycles. The Balaban J connectivity index is 1.56. The van der Waals surface area contributed by atoms with Gasteiger partial charge < -0.3 is 24.8 Å². The second kappa shape index (κ2) is 12.9. The molecular formula is C23H29F3N4O5S. The number of anilines is 1. The fourth-order valence-electron chi connectivity index (χ4n) is 3.75. The summed E-state index contributed by atoms with van der Waals surface area (Å²) < 4.78 is 56.0. The standard InChI is InChI=1S/C23H29F3N4O5S/c1-13-11-16(24)15(19(26)18(13)25)12-35-20-17(22(32)34-2)21(36-29-20)28-23(33)27-7-5-14(31)6-10-30-8-3-4-9-30/h11,14,31H,3-10,12H2,1-2H3,(H2,27,28,33). The van der Waals surface area contributed by atoms with Gasteiger partial charge in [0.05, 0.1) is 18.8 Å².